The van der Waals surface area contributed by atoms with Crippen molar-refractivity contribution < 1.29 is 9.53 Å². The number of carbonyl (C=O) groups is 1. The summed E-state index contributed by atoms with van der Waals surface area (Å²) in [5.41, 5.74) is 2.39. The van der Waals surface area contributed by atoms with Gasteiger partial charge in [-0.1, -0.05) is 18.2 Å². The minimum Gasteiger partial charge on any atom is -0.497 e. The standard InChI is InChI=1S/C17H17N3O3/c1-23-12-7-5-11(6-8-12)9-10-18-16(21)13-3-2-4-14-15(13)20-17(22)19-14/h2-8H,9-10H2,1H3,(H,18,21)(H2,19,20,22). The molecule has 0 aliphatic carbocycles. The Balaban J connectivity index is 1.65. The molecule has 6 heteroatoms. The third kappa shape index (κ3) is 3.26. The van der Waals surface area contributed by atoms with Crippen LogP contribution in [0.3, 0.4) is 0 Å². The fourth-order valence-electron chi connectivity index (χ4n) is 2.46. The molecule has 0 saturated heterocycles. The second-order valence-electron chi connectivity index (χ2n) is 5.16. The fraction of sp³-hybridized carbons (Fsp3) is 0.176. The molecule has 118 valence electrons. The van der Waals surface area contributed by atoms with Gasteiger partial charge in [-0.05, 0) is 36.2 Å². The number of hydrogen-bond acceptors (Lipinski definition) is 3. The Kier molecular flexibility index (Phi) is 4.14. The maximum absolute atomic E-state index is 12.3. The Morgan fingerprint density at radius 2 is 1.91 bits per heavy atom. The van der Waals surface area contributed by atoms with Crippen LogP contribution in [0.4, 0.5) is 0 Å². The highest BCUT2D eigenvalue weighted by Gasteiger charge is 2.11. The quantitative estimate of drug-likeness (QED) is 0.672. The zero-order valence-electron chi connectivity index (χ0n) is 12.7. The molecule has 3 N–H and O–H groups in total. The molecule has 0 spiro atoms. The molecule has 2 aromatic carbocycles. The average molecular weight is 311 g/mol. The van der Waals surface area contributed by atoms with Crippen LogP contribution in [0, 0.1) is 0 Å². The first-order valence-corrected chi connectivity index (χ1v) is 7.29. The summed E-state index contributed by atoms with van der Waals surface area (Å²) in [6, 6.07) is 12.9. The highest BCUT2D eigenvalue weighted by atomic mass is 16.5. The maximum atomic E-state index is 12.3. The van der Waals surface area contributed by atoms with Crippen LogP contribution in [0.15, 0.2) is 47.3 Å². The van der Waals surface area contributed by atoms with E-state index in [1.54, 1.807) is 25.3 Å². The van der Waals surface area contributed by atoms with Crippen LogP contribution in [-0.2, 0) is 6.42 Å². The van der Waals surface area contributed by atoms with Crippen molar-refractivity contribution in [1.82, 2.24) is 15.3 Å². The number of ether oxygens (including phenoxy) is 1. The number of nitrogens with one attached hydrogen (secondary N) is 3. The van der Waals surface area contributed by atoms with Crippen LogP contribution >= 0.6 is 0 Å². The summed E-state index contributed by atoms with van der Waals surface area (Å²) in [6.07, 6.45) is 0.718. The van der Waals surface area contributed by atoms with E-state index in [0.29, 0.717) is 23.1 Å². The second kappa shape index (κ2) is 6.39. The molecule has 0 aliphatic heterocycles. The molecule has 0 radical (unpaired) electrons. The van der Waals surface area contributed by atoms with E-state index in [1.807, 2.05) is 24.3 Å². The van der Waals surface area contributed by atoms with Gasteiger partial charge < -0.3 is 20.0 Å². The molecule has 3 aromatic rings. The van der Waals surface area contributed by atoms with Crippen LogP contribution < -0.4 is 15.7 Å². The van der Waals surface area contributed by atoms with Gasteiger partial charge in [0, 0.05) is 6.54 Å². The Morgan fingerprint density at radius 3 is 2.65 bits per heavy atom. The number of H-pyrrole nitrogens is 2. The van der Waals surface area contributed by atoms with Gasteiger partial charge in [0.2, 0.25) is 0 Å². The minimum absolute atomic E-state index is 0.209. The normalized spacial score (nSPS) is 10.7. The van der Waals surface area contributed by atoms with E-state index in [-0.39, 0.29) is 11.6 Å². The first kappa shape index (κ1) is 14.9. The van der Waals surface area contributed by atoms with Crippen molar-refractivity contribution in [2.45, 2.75) is 6.42 Å². The molecule has 0 fully saturated rings. The molecule has 6 nitrogen and oxygen atoms in total. The highest BCUT2D eigenvalue weighted by Crippen LogP contribution is 2.13. The Labute approximate surface area is 132 Å². The number of rotatable bonds is 5. The fourth-order valence-corrected chi connectivity index (χ4v) is 2.46. The van der Waals surface area contributed by atoms with E-state index in [1.165, 1.54) is 0 Å². The van der Waals surface area contributed by atoms with Crippen molar-refractivity contribution in [3.63, 3.8) is 0 Å². The number of methoxy groups -OCH3 is 1. The smallest absolute Gasteiger partial charge is 0.323 e. The van der Waals surface area contributed by atoms with Crippen molar-refractivity contribution in [3.05, 3.63) is 64.1 Å². The van der Waals surface area contributed by atoms with E-state index in [9.17, 15) is 9.59 Å². The van der Waals surface area contributed by atoms with Gasteiger partial charge in [-0.3, -0.25) is 4.79 Å². The summed E-state index contributed by atoms with van der Waals surface area (Å²) in [7, 11) is 1.63. The monoisotopic (exact) mass is 311 g/mol. The van der Waals surface area contributed by atoms with Gasteiger partial charge in [-0.2, -0.15) is 0 Å². The van der Waals surface area contributed by atoms with Gasteiger partial charge in [0.1, 0.15) is 5.75 Å². The summed E-state index contributed by atoms with van der Waals surface area (Å²) < 4.78 is 5.11. The molecule has 23 heavy (non-hydrogen) atoms. The molecule has 0 unspecified atom stereocenters. The average Bonchev–Trinajstić information content (AvgIpc) is 2.95. The van der Waals surface area contributed by atoms with Crippen LogP contribution in [-0.4, -0.2) is 29.5 Å². The first-order valence-electron chi connectivity index (χ1n) is 7.29. The summed E-state index contributed by atoms with van der Waals surface area (Å²) in [5.74, 6) is 0.597. The van der Waals surface area contributed by atoms with Gasteiger partial charge in [-0.15, -0.1) is 0 Å². The van der Waals surface area contributed by atoms with E-state index in [2.05, 4.69) is 15.3 Å². The predicted octanol–water partition coefficient (Wildman–Crippen LogP) is 1.84. The number of fused-ring (bicyclic) bond motifs is 1. The van der Waals surface area contributed by atoms with Gasteiger partial charge in [0.15, 0.2) is 0 Å². The van der Waals surface area contributed by atoms with Crippen molar-refractivity contribution in [1.29, 1.82) is 0 Å². The Bertz CT molecular complexity index is 878. The third-order valence-corrected chi connectivity index (χ3v) is 3.65. The number of aromatic nitrogens is 2. The lowest BCUT2D eigenvalue weighted by atomic mass is 10.1. The molecule has 0 aliphatic rings. The minimum atomic E-state index is -0.321. The van der Waals surface area contributed by atoms with Crippen LogP contribution in [0.5, 0.6) is 5.75 Å². The van der Waals surface area contributed by atoms with E-state index >= 15 is 0 Å². The number of amides is 1. The lowest BCUT2D eigenvalue weighted by molar-refractivity contribution is 0.0955. The molecule has 3 rings (SSSR count). The van der Waals surface area contributed by atoms with E-state index in [4.69, 9.17) is 4.74 Å². The summed E-state index contributed by atoms with van der Waals surface area (Å²) in [5, 5.41) is 2.87. The Hall–Kier alpha value is -3.02. The first-order chi connectivity index (χ1) is 11.2. The second-order valence-corrected chi connectivity index (χ2v) is 5.16. The number of para-hydroxylation sites is 1. The largest absolute Gasteiger partial charge is 0.497 e. The SMILES string of the molecule is COc1ccc(CCNC(=O)c2cccc3[nH]c(=O)[nH]c23)cc1. The van der Waals surface area contributed by atoms with E-state index < -0.39 is 0 Å². The van der Waals surface area contributed by atoms with Gasteiger partial charge in [-0.25, -0.2) is 4.79 Å². The number of benzene rings is 2. The number of aromatic amines is 2. The van der Waals surface area contributed by atoms with Crippen LogP contribution in [0.2, 0.25) is 0 Å². The van der Waals surface area contributed by atoms with E-state index in [0.717, 1.165) is 17.7 Å². The zero-order valence-corrected chi connectivity index (χ0v) is 12.7. The summed E-state index contributed by atoms with van der Waals surface area (Å²) in [4.78, 5) is 28.9. The maximum Gasteiger partial charge on any atom is 0.323 e. The topological polar surface area (TPSA) is 87.0 Å². The molecular formula is C17H17N3O3. The van der Waals surface area contributed by atoms with Crippen molar-refractivity contribution in [2.75, 3.05) is 13.7 Å². The molecule has 0 atom stereocenters. The zero-order chi connectivity index (χ0) is 16.2. The van der Waals surface area contributed by atoms with Gasteiger partial charge in [0.05, 0.1) is 23.7 Å². The Morgan fingerprint density at radius 1 is 1.13 bits per heavy atom. The third-order valence-electron chi connectivity index (χ3n) is 3.65. The van der Waals surface area contributed by atoms with Crippen LogP contribution in [0.25, 0.3) is 11.0 Å². The molecule has 1 amide bonds. The molecule has 0 saturated carbocycles. The van der Waals surface area contributed by atoms with Crippen molar-refractivity contribution in [3.8, 4) is 5.75 Å². The number of imidazole rings is 1. The molecule has 1 aromatic heterocycles. The molecule has 1 heterocycles. The van der Waals surface area contributed by atoms with Crippen molar-refractivity contribution in [2.24, 2.45) is 0 Å². The number of hydrogen-bond donors (Lipinski definition) is 3. The highest BCUT2D eigenvalue weighted by molar-refractivity contribution is 6.04. The summed E-state index contributed by atoms with van der Waals surface area (Å²) >= 11 is 0. The predicted molar refractivity (Wildman–Crippen MR) is 88.0 cm³/mol. The number of carbonyl (C=O) groups excluding carboxylic acids is 1. The summed E-state index contributed by atoms with van der Waals surface area (Å²) in [6.45, 7) is 0.510. The molecule has 0 bridgehead atoms. The van der Waals surface area contributed by atoms with Crippen LogP contribution in [0.1, 0.15) is 15.9 Å². The molecular weight excluding hydrogens is 294 g/mol. The lowest BCUT2D eigenvalue weighted by Crippen LogP contribution is -2.26. The van der Waals surface area contributed by atoms with Crippen molar-refractivity contribution >= 4 is 16.9 Å². The van der Waals surface area contributed by atoms with Gasteiger partial charge in [0.25, 0.3) is 5.91 Å². The van der Waals surface area contributed by atoms with Gasteiger partial charge >= 0.3 is 5.69 Å². The lowest BCUT2D eigenvalue weighted by Gasteiger charge is -2.07.